The Labute approximate surface area is 149 Å². The van der Waals surface area contributed by atoms with Crippen LogP contribution in [-0.2, 0) is 13.2 Å². The number of methoxy groups -OCH3 is 1. The van der Waals surface area contributed by atoms with Gasteiger partial charge >= 0.3 is 0 Å². The van der Waals surface area contributed by atoms with Gasteiger partial charge in [0, 0.05) is 22.7 Å². The number of benzene rings is 2. The summed E-state index contributed by atoms with van der Waals surface area (Å²) >= 11 is 6.17. The molecule has 0 unspecified atom stereocenters. The molecule has 3 nitrogen and oxygen atoms in total. The third kappa shape index (κ3) is 5.15. The minimum absolute atomic E-state index is 0.118. The van der Waals surface area contributed by atoms with E-state index >= 15 is 0 Å². The van der Waals surface area contributed by atoms with Crippen LogP contribution in [0.3, 0.4) is 0 Å². The summed E-state index contributed by atoms with van der Waals surface area (Å²) in [4.78, 5) is 0. The maximum atomic E-state index is 6.17. The SMILES string of the molecule is CCC(C)(C)NCc1ccc(OCc2ccccc2Cl)c(OC)c1. The van der Waals surface area contributed by atoms with Gasteiger partial charge in [-0.3, -0.25) is 0 Å². The van der Waals surface area contributed by atoms with Crippen LogP contribution in [0.4, 0.5) is 0 Å². The van der Waals surface area contributed by atoms with Gasteiger partial charge in [0.1, 0.15) is 6.61 Å². The fourth-order valence-corrected chi connectivity index (χ4v) is 2.37. The molecule has 0 radical (unpaired) electrons. The summed E-state index contributed by atoms with van der Waals surface area (Å²) in [5.74, 6) is 1.45. The second-order valence-corrected chi connectivity index (χ2v) is 6.86. The number of hydrogen-bond donors (Lipinski definition) is 1. The molecule has 24 heavy (non-hydrogen) atoms. The molecule has 1 N–H and O–H groups in total. The second kappa shape index (κ2) is 8.41. The number of hydrogen-bond acceptors (Lipinski definition) is 3. The van der Waals surface area contributed by atoms with Gasteiger partial charge in [-0.1, -0.05) is 42.8 Å². The van der Waals surface area contributed by atoms with Crippen LogP contribution in [0.25, 0.3) is 0 Å². The molecule has 0 aliphatic rings. The molecule has 0 aliphatic carbocycles. The monoisotopic (exact) mass is 347 g/mol. The highest BCUT2D eigenvalue weighted by Gasteiger charge is 2.14. The highest BCUT2D eigenvalue weighted by atomic mass is 35.5. The van der Waals surface area contributed by atoms with Crippen molar-refractivity contribution in [1.29, 1.82) is 0 Å². The first kappa shape index (κ1) is 18.6. The van der Waals surface area contributed by atoms with Crippen molar-refractivity contribution in [3.05, 3.63) is 58.6 Å². The lowest BCUT2D eigenvalue weighted by atomic mass is 10.0. The van der Waals surface area contributed by atoms with Crippen LogP contribution in [0.2, 0.25) is 5.02 Å². The largest absolute Gasteiger partial charge is 0.493 e. The summed E-state index contributed by atoms with van der Waals surface area (Å²) in [6.07, 6.45) is 1.07. The van der Waals surface area contributed by atoms with Crippen molar-refractivity contribution in [2.45, 2.75) is 45.9 Å². The van der Waals surface area contributed by atoms with E-state index in [9.17, 15) is 0 Å². The summed E-state index contributed by atoms with van der Waals surface area (Å²) in [6.45, 7) is 7.79. The van der Waals surface area contributed by atoms with Crippen LogP contribution in [-0.4, -0.2) is 12.6 Å². The van der Waals surface area contributed by atoms with Gasteiger partial charge in [0.15, 0.2) is 11.5 Å². The van der Waals surface area contributed by atoms with E-state index in [2.05, 4.69) is 32.2 Å². The van der Waals surface area contributed by atoms with Gasteiger partial charge in [0.05, 0.1) is 7.11 Å². The van der Waals surface area contributed by atoms with Crippen LogP contribution < -0.4 is 14.8 Å². The molecule has 2 rings (SSSR count). The lowest BCUT2D eigenvalue weighted by Gasteiger charge is -2.24. The summed E-state index contributed by atoms with van der Waals surface area (Å²) in [7, 11) is 1.66. The zero-order valence-corrected chi connectivity index (χ0v) is 15.6. The summed E-state index contributed by atoms with van der Waals surface area (Å²) in [5, 5.41) is 4.25. The lowest BCUT2D eigenvalue weighted by Crippen LogP contribution is -2.37. The van der Waals surface area contributed by atoms with Gasteiger partial charge in [-0.15, -0.1) is 0 Å². The van der Waals surface area contributed by atoms with Gasteiger partial charge in [-0.25, -0.2) is 0 Å². The predicted molar refractivity (Wildman–Crippen MR) is 100.0 cm³/mol. The van der Waals surface area contributed by atoms with E-state index in [0.717, 1.165) is 30.0 Å². The standard InChI is InChI=1S/C20H26ClNO2/c1-5-20(2,3)22-13-15-10-11-18(19(12-15)23-4)24-14-16-8-6-7-9-17(16)21/h6-12,22H,5,13-14H2,1-4H3. The fourth-order valence-electron chi connectivity index (χ4n) is 2.18. The number of nitrogens with one attached hydrogen (secondary N) is 1. The molecule has 0 aromatic heterocycles. The molecule has 0 spiro atoms. The molecule has 0 saturated heterocycles. The second-order valence-electron chi connectivity index (χ2n) is 6.46. The molecule has 0 aliphatic heterocycles. The quantitative estimate of drug-likeness (QED) is 0.711. The van der Waals surface area contributed by atoms with Crippen molar-refractivity contribution >= 4 is 11.6 Å². The maximum absolute atomic E-state index is 6.17. The molecule has 2 aromatic rings. The zero-order chi connectivity index (χ0) is 17.6. The van der Waals surface area contributed by atoms with E-state index < -0.39 is 0 Å². The van der Waals surface area contributed by atoms with E-state index in [1.165, 1.54) is 5.56 Å². The Balaban J connectivity index is 2.05. The van der Waals surface area contributed by atoms with Crippen molar-refractivity contribution < 1.29 is 9.47 Å². The van der Waals surface area contributed by atoms with E-state index in [1.54, 1.807) is 7.11 Å². The molecule has 0 atom stereocenters. The van der Waals surface area contributed by atoms with E-state index in [0.29, 0.717) is 11.6 Å². The Kier molecular flexibility index (Phi) is 6.52. The van der Waals surface area contributed by atoms with E-state index in [-0.39, 0.29) is 5.54 Å². The topological polar surface area (TPSA) is 30.5 Å². The average molecular weight is 348 g/mol. The number of rotatable bonds is 8. The van der Waals surface area contributed by atoms with Gasteiger partial charge in [0.25, 0.3) is 0 Å². The molecule has 130 valence electrons. The summed E-state index contributed by atoms with van der Waals surface area (Å²) < 4.78 is 11.4. The molecular weight excluding hydrogens is 322 g/mol. The number of halogens is 1. The normalized spacial score (nSPS) is 11.4. The Hall–Kier alpha value is -1.71. The first-order valence-corrected chi connectivity index (χ1v) is 8.61. The van der Waals surface area contributed by atoms with Crippen molar-refractivity contribution in [2.75, 3.05) is 7.11 Å². The minimum Gasteiger partial charge on any atom is -0.493 e. The molecule has 2 aromatic carbocycles. The lowest BCUT2D eigenvalue weighted by molar-refractivity contribution is 0.284. The van der Waals surface area contributed by atoms with Crippen LogP contribution in [0.5, 0.6) is 11.5 Å². The van der Waals surface area contributed by atoms with Crippen molar-refractivity contribution in [2.24, 2.45) is 0 Å². The molecule has 0 saturated carbocycles. The highest BCUT2D eigenvalue weighted by molar-refractivity contribution is 6.31. The fraction of sp³-hybridized carbons (Fsp3) is 0.400. The third-order valence-electron chi connectivity index (χ3n) is 4.22. The molecule has 0 bridgehead atoms. The van der Waals surface area contributed by atoms with Gasteiger partial charge in [-0.2, -0.15) is 0 Å². The van der Waals surface area contributed by atoms with Crippen molar-refractivity contribution in [3.63, 3.8) is 0 Å². The third-order valence-corrected chi connectivity index (χ3v) is 4.59. The molecular formula is C20H26ClNO2. The van der Waals surface area contributed by atoms with Crippen molar-refractivity contribution in [1.82, 2.24) is 5.32 Å². The van der Waals surface area contributed by atoms with Gasteiger partial charge in [-0.05, 0) is 44.0 Å². The Morgan fingerprint density at radius 2 is 1.83 bits per heavy atom. The highest BCUT2D eigenvalue weighted by Crippen LogP contribution is 2.29. The Morgan fingerprint density at radius 3 is 2.50 bits per heavy atom. The average Bonchev–Trinajstić information content (AvgIpc) is 2.59. The summed E-state index contributed by atoms with van der Waals surface area (Å²) in [6, 6.07) is 13.7. The van der Waals surface area contributed by atoms with E-state index in [1.807, 2.05) is 36.4 Å². The van der Waals surface area contributed by atoms with Gasteiger partial charge in [0.2, 0.25) is 0 Å². The van der Waals surface area contributed by atoms with Gasteiger partial charge < -0.3 is 14.8 Å². The first-order chi connectivity index (χ1) is 11.4. The molecule has 0 amide bonds. The van der Waals surface area contributed by atoms with Crippen LogP contribution in [0.1, 0.15) is 38.3 Å². The number of ether oxygens (including phenoxy) is 2. The Bertz CT molecular complexity index is 670. The summed E-state index contributed by atoms with van der Waals surface area (Å²) in [5.41, 5.74) is 2.24. The smallest absolute Gasteiger partial charge is 0.161 e. The minimum atomic E-state index is 0.118. The Morgan fingerprint density at radius 1 is 1.08 bits per heavy atom. The van der Waals surface area contributed by atoms with Crippen LogP contribution >= 0.6 is 11.6 Å². The molecule has 0 heterocycles. The zero-order valence-electron chi connectivity index (χ0n) is 14.9. The predicted octanol–water partition coefficient (Wildman–Crippen LogP) is 5.21. The van der Waals surface area contributed by atoms with Crippen LogP contribution in [0, 0.1) is 0 Å². The van der Waals surface area contributed by atoms with Crippen molar-refractivity contribution in [3.8, 4) is 11.5 Å². The molecule has 0 fully saturated rings. The maximum Gasteiger partial charge on any atom is 0.161 e. The first-order valence-electron chi connectivity index (χ1n) is 8.23. The molecule has 4 heteroatoms. The van der Waals surface area contributed by atoms with Crippen LogP contribution in [0.15, 0.2) is 42.5 Å². The van der Waals surface area contributed by atoms with E-state index in [4.69, 9.17) is 21.1 Å².